The predicted octanol–water partition coefficient (Wildman–Crippen LogP) is 4.58. The highest BCUT2D eigenvalue weighted by Gasteiger charge is 2.23. The number of carbonyl (C=O) groups is 3. The van der Waals surface area contributed by atoms with E-state index in [1.807, 2.05) is 12.1 Å². The summed E-state index contributed by atoms with van der Waals surface area (Å²) in [6.07, 6.45) is 0. The van der Waals surface area contributed by atoms with Gasteiger partial charge in [-0.25, -0.2) is 9.59 Å². The number of benzene rings is 2. The first-order chi connectivity index (χ1) is 14.1. The highest BCUT2D eigenvalue weighted by atomic mass is 16.6. The maximum atomic E-state index is 12.1. The van der Waals surface area contributed by atoms with Crippen LogP contribution in [0.15, 0.2) is 60.7 Å². The molecule has 6 heteroatoms. The molecule has 2 aromatic carbocycles. The van der Waals surface area contributed by atoms with Crippen LogP contribution in [-0.2, 0) is 19.1 Å². The Morgan fingerprint density at radius 2 is 1.33 bits per heavy atom. The van der Waals surface area contributed by atoms with E-state index in [-0.39, 0.29) is 24.8 Å². The van der Waals surface area contributed by atoms with Crippen LogP contribution >= 0.6 is 0 Å². The zero-order valence-electron chi connectivity index (χ0n) is 17.7. The van der Waals surface area contributed by atoms with Crippen molar-refractivity contribution < 1.29 is 28.6 Å². The zero-order chi connectivity index (χ0) is 22.3. The summed E-state index contributed by atoms with van der Waals surface area (Å²) >= 11 is 0. The molecule has 0 saturated carbocycles. The summed E-state index contributed by atoms with van der Waals surface area (Å²) in [5, 5.41) is 0. The number of hydrogen-bond acceptors (Lipinski definition) is 6. The lowest BCUT2D eigenvalue weighted by Crippen LogP contribution is -2.25. The summed E-state index contributed by atoms with van der Waals surface area (Å²) in [4.78, 5) is 35.3. The third-order valence-corrected chi connectivity index (χ3v) is 4.03. The Labute approximate surface area is 176 Å². The molecular weight excluding hydrogens is 384 g/mol. The molecular formula is C24H26O6. The van der Waals surface area contributed by atoms with Gasteiger partial charge in [0.1, 0.15) is 19.0 Å². The average Bonchev–Trinajstić information content (AvgIpc) is 2.70. The second-order valence-corrected chi connectivity index (χ2v) is 7.79. The molecule has 0 amide bonds. The quantitative estimate of drug-likeness (QED) is 0.288. The fourth-order valence-corrected chi connectivity index (χ4v) is 2.25. The van der Waals surface area contributed by atoms with E-state index in [0.29, 0.717) is 11.3 Å². The van der Waals surface area contributed by atoms with Crippen LogP contribution in [-0.4, -0.2) is 31.1 Å². The Bertz CT molecular complexity index is 918. The number of esters is 3. The van der Waals surface area contributed by atoms with Gasteiger partial charge in [0.15, 0.2) is 0 Å². The normalized spacial score (nSPS) is 10.8. The fraction of sp³-hybridized carbons (Fsp3) is 0.292. The highest BCUT2D eigenvalue weighted by Crippen LogP contribution is 2.25. The smallest absolute Gasteiger partial charge is 0.338 e. The molecule has 0 aliphatic rings. The average molecular weight is 410 g/mol. The molecule has 2 rings (SSSR count). The molecule has 0 N–H and O–H groups in total. The standard InChI is InChI=1S/C24H26O6/c1-16(2)21(25)28-14-15-29-22(26)19-8-6-17(7-9-19)18-10-12-20(13-11-18)30-23(27)24(3,4)5/h6-13H,1,14-15H2,2-5H3. The first-order valence-corrected chi connectivity index (χ1v) is 9.50. The molecule has 0 spiro atoms. The summed E-state index contributed by atoms with van der Waals surface area (Å²) in [6, 6.07) is 14.1. The zero-order valence-corrected chi connectivity index (χ0v) is 17.7. The van der Waals surface area contributed by atoms with Crippen molar-refractivity contribution in [3.63, 3.8) is 0 Å². The SMILES string of the molecule is C=C(C)C(=O)OCCOC(=O)c1ccc(-c2ccc(OC(=O)C(C)(C)C)cc2)cc1. The van der Waals surface area contributed by atoms with Crippen LogP contribution in [0.3, 0.4) is 0 Å². The topological polar surface area (TPSA) is 78.9 Å². The molecule has 6 nitrogen and oxygen atoms in total. The van der Waals surface area contributed by atoms with Gasteiger partial charge in [0.05, 0.1) is 11.0 Å². The van der Waals surface area contributed by atoms with Crippen LogP contribution in [0, 0.1) is 5.41 Å². The van der Waals surface area contributed by atoms with Crippen molar-refractivity contribution in [2.45, 2.75) is 27.7 Å². The third-order valence-electron chi connectivity index (χ3n) is 4.03. The Hall–Kier alpha value is -3.41. The van der Waals surface area contributed by atoms with Crippen LogP contribution < -0.4 is 4.74 Å². The van der Waals surface area contributed by atoms with E-state index in [0.717, 1.165) is 11.1 Å². The molecule has 0 aliphatic heterocycles. The summed E-state index contributed by atoms with van der Waals surface area (Å²) < 4.78 is 15.3. The van der Waals surface area contributed by atoms with Gasteiger partial charge in [0, 0.05) is 5.57 Å². The van der Waals surface area contributed by atoms with Gasteiger partial charge in [0.25, 0.3) is 0 Å². The van der Waals surface area contributed by atoms with E-state index in [1.165, 1.54) is 0 Å². The molecule has 0 bridgehead atoms. The molecule has 0 aromatic heterocycles. The lowest BCUT2D eigenvalue weighted by atomic mass is 9.97. The lowest BCUT2D eigenvalue weighted by molar-refractivity contribution is -0.143. The Kier molecular flexibility index (Phi) is 7.53. The summed E-state index contributed by atoms with van der Waals surface area (Å²) in [7, 11) is 0. The largest absolute Gasteiger partial charge is 0.459 e. The maximum Gasteiger partial charge on any atom is 0.338 e. The molecule has 158 valence electrons. The van der Waals surface area contributed by atoms with E-state index in [1.54, 1.807) is 64.1 Å². The van der Waals surface area contributed by atoms with Crippen molar-refractivity contribution in [1.82, 2.24) is 0 Å². The van der Waals surface area contributed by atoms with E-state index >= 15 is 0 Å². The molecule has 0 unspecified atom stereocenters. The van der Waals surface area contributed by atoms with Crippen LogP contribution in [0.25, 0.3) is 11.1 Å². The molecule has 0 fully saturated rings. The van der Waals surface area contributed by atoms with Gasteiger partial charge in [-0.3, -0.25) is 4.79 Å². The van der Waals surface area contributed by atoms with Crippen molar-refractivity contribution in [3.05, 3.63) is 66.2 Å². The van der Waals surface area contributed by atoms with Crippen LogP contribution in [0.4, 0.5) is 0 Å². The van der Waals surface area contributed by atoms with Gasteiger partial charge < -0.3 is 14.2 Å². The van der Waals surface area contributed by atoms with Crippen molar-refractivity contribution >= 4 is 17.9 Å². The lowest BCUT2D eigenvalue weighted by Gasteiger charge is -2.16. The summed E-state index contributed by atoms with van der Waals surface area (Å²) in [5.41, 5.74) is 1.92. The van der Waals surface area contributed by atoms with Gasteiger partial charge in [-0.15, -0.1) is 0 Å². The van der Waals surface area contributed by atoms with E-state index < -0.39 is 17.4 Å². The highest BCUT2D eigenvalue weighted by molar-refractivity contribution is 5.90. The van der Waals surface area contributed by atoms with Crippen molar-refractivity contribution in [1.29, 1.82) is 0 Å². The van der Waals surface area contributed by atoms with Gasteiger partial charge >= 0.3 is 17.9 Å². The summed E-state index contributed by atoms with van der Waals surface area (Å²) in [5.74, 6) is -0.842. The van der Waals surface area contributed by atoms with Gasteiger partial charge in [-0.05, 0) is 63.1 Å². The molecule has 0 heterocycles. The van der Waals surface area contributed by atoms with E-state index in [9.17, 15) is 14.4 Å². The Balaban J connectivity index is 1.92. The second kappa shape index (κ2) is 9.87. The van der Waals surface area contributed by atoms with Crippen molar-refractivity contribution in [3.8, 4) is 16.9 Å². The second-order valence-electron chi connectivity index (χ2n) is 7.79. The first-order valence-electron chi connectivity index (χ1n) is 9.50. The number of rotatable bonds is 7. The molecule has 0 aliphatic carbocycles. The van der Waals surface area contributed by atoms with Gasteiger partial charge in [-0.1, -0.05) is 30.8 Å². The number of carbonyl (C=O) groups excluding carboxylic acids is 3. The molecule has 0 saturated heterocycles. The van der Waals surface area contributed by atoms with Crippen LogP contribution in [0.5, 0.6) is 5.75 Å². The minimum atomic E-state index is -0.574. The van der Waals surface area contributed by atoms with Crippen LogP contribution in [0.1, 0.15) is 38.1 Å². The van der Waals surface area contributed by atoms with E-state index in [4.69, 9.17) is 14.2 Å². The summed E-state index contributed by atoms with van der Waals surface area (Å²) in [6.45, 7) is 10.3. The number of hydrogen-bond donors (Lipinski definition) is 0. The van der Waals surface area contributed by atoms with Gasteiger partial charge in [-0.2, -0.15) is 0 Å². The molecule has 30 heavy (non-hydrogen) atoms. The first kappa shape index (κ1) is 22.9. The fourth-order valence-electron chi connectivity index (χ4n) is 2.25. The van der Waals surface area contributed by atoms with Crippen LogP contribution in [0.2, 0.25) is 0 Å². The maximum absolute atomic E-state index is 12.1. The monoisotopic (exact) mass is 410 g/mol. The Morgan fingerprint density at radius 3 is 1.83 bits per heavy atom. The van der Waals surface area contributed by atoms with Crippen molar-refractivity contribution in [2.24, 2.45) is 5.41 Å². The van der Waals surface area contributed by atoms with Gasteiger partial charge in [0.2, 0.25) is 0 Å². The minimum absolute atomic E-state index is 0.0261. The van der Waals surface area contributed by atoms with E-state index in [2.05, 4.69) is 6.58 Å². The van der Waals surface area contributed by atoms with Crippen molar-refractivity contribution in [2.75, 3.05) is 13.2 Å². The Morgan fingerprint density at radius 1 is 0.833 bits per heavy atom. The predicted molar refractivity (Wildman–Crippen MR) is 113 cm³/mol. The molecule has 2 aromatic rings. The minimum Gasteiger partial charge on any atom is -0.459 e. The molecule has 0 atom stereocenters. The number of ether oxygens (including phenoxy) is 3. The molecule has 0 radical (unpaired) electrons. The third kappa shape index (κ3) is 6.58.